The van der Waals surface area contributed by atoms with Crippen molar-refractivity contribution < 1.29 is 13.2 Å². The van der Waals surface area contributed by atoms with Crippen molar-refractivity contribution in [1.29, 1.82) is 0 Å². The van der Waals surface area contributed by atoms with Gasteiger partial charge in [-0.05, 0) is 32.2 Å². The Labute approximate surface area is 95.2 Å². The molecule has 0 amide bonds. The number of nitrogens with zero attached hydrogens (tertiary/aromatic N) is 1. The number of likely N-dealkylation sites (tertiary alicyclic amines) is 1. The molecule has 1 rings (SSSR count). The molecule has 0 aliphatic carbocycles. The van der Waals surface area contributed by atoms with Crippen molar-refractivity contribution in [3.63, 3.8) is 0 Å². The van der Waals surface area contributed by atoms with E-state index in [9.17, 15) is 13.2 Å². The molecular weight excluding hydrogens is 217 g/mol. The van der Waals surface area contributed by atoms with Crippen molar-refractivity contribution in [3.05, 3.63) is 0 Å². The molecule has 0 radical (unpaired) electrons. The molecule has 16 heavy (non-hydrogen) atoms. The lowest BCUT2D eigenvalue weighted by Gasteiger charge is -2.35. The van der Waals surface area contributed by atoms with Gasteiger partial charge >= 0.3 is 6.18 Å². The highest BCUT2D eigenvalue weighted by atomic mass is 19.4. The van der Waals surface area contributed by atoms with Crippen LogP contribution in [0.3, 0.4) is 0 Å². The molecule has 2 unspecified atom stereocenters. The maximum absolute atomic E-state index is 11.9. The van der Waals surface area contributed by atoms with Crippen LogP contribution in [0.15, 0.2) is 0 Å². The lowest BCUT2D eigenvalue weighted by molar-refractivity contribution is -0.125. The van der Waals surface area contributed by atoms with E-state index in [0.29, 0.717) is 12.5 Å². The van der Waals surface area contributed by atoms with Gasteiger partial charge in [-0.25, -0.2) is 0 Å². The first kappa shape index (κ1) is 13.8. The Bertz CT molecular complexity index is 206. The molecule has 1 saturated heterocycles. The minimum absolute atomic E-state index is 0.185. The van der Waals surface area contributed by atoms with Gasteiger partial charge in [0.05, 0.1) is 6.54 Å². The summed E-state index contributed by atoms with van der Waals surface area (Å²) in [5.74, 6) is 0.666. The third-order valence-electron chi connectivity index (χ3n) is 3.08. The SMILES string of the molecule is CC1CCCN(C(C)CNCC(F)(F)F)C1. The van der Waals surface area contributed by atoms with E-state index in [2.05, 4.69) is 17.1 Å². The third-order valence-corrected chi connectivity index (χ3v) is 3.08. The van der Waals surface area contributed by atoms with Crippen LogP contribution in [0, 0.1) is 5.92 Å². The predicted octanol–water partition coefficient (Wildman–Crippen LogP) is 2.26. The van der Waals surface area contributed by atoms with E-state index in [1.807, 2.05) is 6.92 Å². The summed E-state index contributed by atoms with van der Waals surface area (Å²) in [5.41, 5.74) is 0. The van der Waals surface area contributed by atoms with E-state index in [1.165, 1.54) is 6.42 Å². The summed E-state index contributed by atoms with van der Waals surface area (Å²) in [6, 6.07) is 0.185. The summed E-state index contributed by atoms with van der Waals surface area (Å²) in [6.07, 6.45) is -1.71. The predicted molar refractivity (Wildman–Crippen MR) is 58.4 cm³/mol. The van der Waals surface area contributed by atoms with E-state index in [4.69, 9.17) is 0 Å². The van der Waals surface area contributed by atoms with Crippen LogP contribution in [0.1, 0.15) is 26.7 Å². The van der Waals surface area contributed by atoms with Gasteiger partial charge in [0.15, 0.2) is 0 Å². The highest BCUT2D eigenvalue weighted by molar-refractivity contribution is 4.76. The van der Waals surface area contributed by atoms with Crippen molar-refractivity contribution >= 4 is 0 Å². The maximum atomic E-state index is 11.9. The topological polar surface area (TPSA) is 15.3 Å². The van der Waals surface area contributed by atoms with Gasteiger partial charge in [-0.2, -0.15) is 13.2 Å². The zero-order valence-corrected chi connectivity index (χ0v) is 9.98. The van der Waals surface area contributed by atoms with Gasteiger partial charge in [0.2, 0.25) is 0 Å². The van der Waals surface area contributed by atoms with Crippen LogP contribution in [0.4, 0.5) is 13.2 Å². The van der Waals surface area contributed by atoms with Gasteiger partial charge in [0.1, 0.15) is 0 Å². The van der Waals surface area contributed by atoms with E-state index >= 15 is 0 Å². The molecule has 5 heteroatoms. The molecule has 1 aliphatic heterocycles. The first-order valence-corrected chi connectivity index (χ1v) is 5.90. The van der Waals surface area contributed by atoms with Crippen molar-refractivity contribution in [1.82, 2.24) is 10.2 Å². The summed E-state index contributed by atoms with van der Waals surface area (Å²) in [5, 5.41) is 2.47. The highest BCUT2D eigenvalue weighted by Crippen LogP contribution is 2.17. The van der Waals surface area contributed by atoms with Crippen LogP contribution in [0.2, 0.25) is 0 Å². The monoisotopic (exact) mass is 238 g/mol. The molecule has 0 aromatic rings. The van der Waals surface area contributed by atoms with Crippen LogP contribution in [0.25, 0.3) is 0 Å². The molecule has 2 nitrogen and oxygen atoms in total. The molecule has 1 N–H and O–H groups in total. The fourth-order valence-corrected chi connectivity index (χ4v) is 2.18. The lowest BCUT2D eigenvalue weighted by atomic mass is 9.99. The number of nitrogens with one attached hydrogen (secondary N) is 1. The molecule has 0 aromatic heterocycles. The minimum Gasteiger partial charge on any atom is -0.307 e. The summed E-state index contributed by atoms with van der Waals surface area (Å²) in [7, 11) is 0. The van der Waals surface area contributed by atoms with Gasteiger partial charge in [0, 0.05) is 19.1 Å². The first-order chi connectivity index (χ1) is 7.38. The Balaban J connectivity index is 2.21. The standard InChI is InChI=1S/C11H21F3N2/c1-9-4-3-5-16(7-9)10(2)6-15-8-11(12,13)14/h9-10,15H,3-8H2,1-2H3. The van der Waals surface area contributed by atoms with E-state index < -0.39 is 12.7 Å². The second kappa shape index (κ2) is 5.87. The minimum atomic E-state index is -4.10. The van der Waals surface area contributed by atoms with Crippen molar-refractivity contribution in [2.75, 3.05) is 26.2 Å². The molecule has 96 valence electrons. The van der Waals surface area contributed by atoms with E-state index in [1.54, 1.807) is 0 Å². The molecule has 0 aromatic carbocycles. The summed E-state index contributed by atoms with van der Waals surface area (Å²) in [6.45, 7) is 5.73. The smallest absolute Gasteiger partial charge is 0.307 e. The van der Waals surface area contributed by atoms with Crippen molar-refractivity contribution in [2.24, 2.45) is 5.92 Å². The van der Waals surface area contributed by atoms with Gasteiger partial charge < -0.3 is 5.32 Å². The number of rotatable bonds is 4. The van der Waals surface area contributed by atoms with Crippen LogP contribution >= 0.6 is 0 Å². The Morgan fingerprint density at radius 2 is 2.12 bits per heavy atom. The molecule has 0 bridgehead atoms. The van der Waals surface area contributed by atoms with Gasteiger partial charge in [-0.15, -0.1) is 0 Å². The number of hydrogen-bond donors (Lipinski definition) is 1. The summed E-state index contributed by atoms with van der Waals surface area (Å²) < 4.78 is 35.8. The fraction of sp³-hybridized carbons (Fsp3) is 1.00. The Hall–Kier alpha value is -0.290. The van der Waals surface area contributed by atoms with Crippen LogP contribution < -0.4 is 5.32 Å². The fourth-order valence-electron chi connectivity index (χ4n) is 2.18. The number of halogens is 3. The van der Waals surface area contributed by atoms with Crippen LogP contribution in [0.5, 0.6) is 0 Å². The van der Waals surface area contributed by atoms with E-state index in [0.717, 1.165) is 19.5 Å². The van der Waals surface area contributed by atoms with Crippen LogP contribution in [-0.2, 0) is 0 Å². The summed E-state index contributed by atoms with van der Waals surface area (Å²) in [4.78, 5) is 2.28. The summed E-state index contributed by atoms with van der Waals surface area (Å²) >= 11 is 0. The second-order valence-electron chi connectivity index (χ2n) is 4.84. The molecule has 1 fully saturated rings. The van der Waals surface area contributed by atoms with Crippen molar-refractivity contribution in [3.8, 4) is 0 Å². The van der Waals surface area contributed by atoms with E-state index in [-0.39, 0.29) is 6.04 Å². The Morgan fingerprint density at radius 1 is 1.44 bits per heavy atom. The molecule has 1 aliphatic rings. The number of hydrogen-bond acceptors (Lipinski definition) is 2. The van der Waals surface area contributed by atoms with Gasteiger partial charge in [-0.3, -0.25) is 4.90 Å². The number of alkyl halides is 3. The largest absolute Gasteiger partial charge is 0.401 e. The van der Waals surface area contributed by atoms with Crippen molar-refractivity contribution in [2.45, 2.75) is 38.9 Å². The molecule has 0 saturated carbocycles. The average Bonchev–Trinajstić information content (AvgIpc) is 2.15. The number of piperidine rings is 1. The Kier molecular flexibility index (Phi) is 5.05. The zero-order valence-electron chi connectivity index (χ0n) is 9.98. The molecule has 1 heterocycles. The van der Waals surface area contributed by atoms with Crippen LogP contribution in [-0.4, -0.2) is 43.3 Å². The molecule has 2 atom stereocenters. The zero-order chi connectivity index (χ0) is 12.2. The quantitative estimate of drug-likeness (QED) is 0.808. The lowest BCUT2D eigenvalue weighted by Crippen LogP contribution is -2.46. The first-order valence-electron chi connectivity index (χ1n) is 5.90. The van der Waals surface area contributed by atoms with Gasteiger partial charge in [0.25, 0.3) is 0 Å². The normalized spacial score (nSPS) is 25.7. The Morgan fingerprint density at radius 3 is 2.69 bits per heavy atom. The molecular formula is C11H21F3N2. The molecule has 0 spiro atoms. The third kappa shape index (κ3) is 5.16. The maximum Gasteiger partial charge on any atom is 0.401 e. The highest BCUT2D eigenvalue weighted by Gasteiger charge is 2.27. The van der Waals surface area contributed by atoms with Gasteiger partial charge in [-0.1, -0.05) is 6.92 Å². The second-order valence-corrected chi connectivity index (χ2v) is 4.84. The average molecular weight is 238 g/mol.